The van der Waals surface area contributed by atoms with Crippen molar-refractivity contribution in [3.05, 3.63) is 59.7 Å². The third kappa shape index (κ3) is 2.37. The Morgan fingerprint density at radius 2 is 1.63 bits per heavy atom. The van der Waals surface area contributed by atoms with Crippen LogP contribution in [0.4, 0.5) is 0 Å². The molecular weight excluding hydrogens is 238 g/mol. The van der Waals surface area contributed by atoms with Crippen LogP contribution in [0.2, 0.25) is 0 Å². The zero-order chi connectivity index (χ0) is 13.1. The summed E-state index contributed by atoms with van der Waals surface area (Å²) in [5, 5.41) is 8.84. The Hall–Kier alpha value is -2.15. The fourth-order valence-electron chi connectivity index (χ4n) is 2.23. The highest BCUT2D eigenvalue weighted by atomic mass is 16.7. The molecule has 0 N–H and O–H groups in total. The Morgan fingerprint density at radius 1 is 0.947 bits per heavy atom. The van der Waals surface area contributed by atoms with Crippen molar-refractivity contribution < 1.29 is 9.47 Å². The Bertz CT molecular complexity index is 607. The smallest absolute Gasteiger partial charge is 0.184 e. The molecule has 3 nitrogen and oxygen atoms in total. The molecule has 0 radical (unpaired) electrons. The van der Waals surface area contributed by atoms with Crippen LogP contribution in [0.25, 0.3) is 11.1 Å². The minimum absolute atomic E-state index is 0.285. The molecule has 0 unspecified atom stereocenters. The third-order valence-electron chi connectivity index (χ3n) is 3.16. The highest BCUT2D eigenvalue weighted by molar-refractivity contribution is 5.68. The summed E-state index contributed by atoms with van der Waals surface area (Å²) in [4.78, 5) is 0. The van der Waals surface area contributed by atoms with Gasteiger partial charge < -0.3 is 9.47 Å². The maximum absolute atomic E-state index is 8.84. The van der Waals surface area contributed by atoms with Crippen molar-refractivity contribution in [2.75, 3.05) is 13.2 Å². The Labute approximate surface area is 112 Å². The van der Waals surface area contributed by atoms with Gasteiger partial charge in [0.1, 0.15) is 0 Å². The highest BCUT2D eigenvalue weighted by Gasteiger charge is 2.21. The Balaban J connectivity index is 2.01. The lowest BCUT2D eigenvalue weighted by molar-refractivity contribution is -0.0436. The van der Waals surface area contributed by atoms with Gasteiger partial charge in [-0.3, -0.25) is 0 Å². The minimum atomic E-state index is -0.285. The number of rotatable bonds is 2. The van der Waals surface area contributed by atoms with E-state index in [9.17, 15) is 0 Å². The van der Waals surface area contributed by atoms with Crippen LogP contribution in [-0.4, -0.2) is 13.2 Å². The van der Waals surface area contributed by atoms with E-state index in [0.717, 1.165) is 16.7 Å². The van der Waals surface area contributed by atoms with Crippen molar-refractivity contribution in [2.24, 2.45) is 0 Å². The molecule has 1 aliphatic rings. The number of hydrogen-bond donors (Lipinski definition) is 0. The fraction of sp³-hybridized carbons (Fsp3) is 0.188. The normalized spacial score (nSPS) is 15.3. The molecule has 1 saturated heterocycles. The standard InChI is InChI=1S/C16H13NO2/c17-11-12-5-7-13(8-6-12)14-3-1-2-4-15(14)16-18-9-10-19-16/h1-8,16H,9-10H2. The van der Waals surface area contributed by atoms with Crippen molar-refractivity contribution in [1.29, 1.82) is 5.26 Å². The topological polar surface area (TPSA) is 42.2 Å². The van der Waals surface area contributed by atoms with Crippen molar-refractivity contribution in [3.8, 4) is 17.2 Å². The van der Waals surface area contributed by atoms with Gasteiger partial charge >= 0.3 is 0 Å². The Kier molecular flexibility index (Phi) is 3.28. The first-order chi connectivity index (χ1) is 9.38. The second-order valence-corrected chi connectivity index (χ2v) is 4.35. The van der Waals surface area contributed by atoms with E-state index in [0.29, 0.717) is 18.8 Å². The first-order valence-corrected chi connectivity index (χ1v) is 6.21. The van der Waals surface area contributed by atoms with E-state index in [1.54, 1.807) is 0 Å². The zero-order valence-corrected chi connectivity index (χ0v) is 10.4. The van der Waals surface area contributed by atoms with Gasteiger partial charge in [-0.1, -0.05) is 36.4 Å². The maximum atomic E-state index is 8.84. The summed E-state index contributed by atoms with van der Waals surface area (Å²) in [7, 11) is 0. The number of hydrogen-bond acceptors (Lipinski definition) is 3. The van der Waals surface area contributed by atoms with Crippen LogP contribution >= 0.6 is 0 Å². The molecule has 94 valence electrons. The summed E-state index contributed by atoms with van der Waals surface area (Å²) in [6, 6.07) is 17.7. The number of nitriles is 1. The summed E-state index contributed by atoms with van der Waals surface area (Å²) in [5.41, 5.74) is 3.84. The highest BCUT2D eigenvalue weighted by Crippen LogP contribution is 2.32. The number of ether oxygens (including phenoxy) is 2. The third-order valence-corrected chi connectivity index (χ3v) is 3.16. The largest absolute Gasteiger partial charge is 0.346 e. The van der Waals surface area contributed by atoms with Gasteiger partial charge in [0.2, 0.25) is 0 Å². The summed E-state index contributed by atoms with van der Waals surface area (Å²) >= 11 is 0. The van der Waals surface area contributed by atoms with E-state index in [4.69, 9.17) is 14.7 Å². The van der Waals surface area contributed by atoms with Crippen molar-refractivity contribution >= 4 is 0 Å². The van der Waals surface area contributed by atoms with E-state index < -0.39 is 0 Å². The van der Waals surface area contributed by atoms with Gasteiger partial charge in [-0.05, 0) is 23.3 Å². The van der Waals surface area contributed by atoms with E-state index in [2.05, 4.69) is 6.07 Å². The van der Waals surface area contributed by atoms with Gasteiger partial charge in [-0.2, -0.15) is 5.26 Å². The molecule has 2 aromatic rings. The molecule has 0 atom stereocenters. The van der Waals surface area contributed by atoms with Crippen molar-refractivity contribution in [2.45, 2.75) is 6.29 Å². The van der Waals surface area contributed by atoms with Gasteiger partial charge in [-0.15, -0.1) is 0 Å². The second kappa shape index (κ2) is 5.23. The fourth-order valence-corrected chi connectivity index (χ4v) is 2.23. The lowest BCUT2D eigenvalue weighted by Gasteiger charge is -2.14. The van der Waals surface area contributed by atoms with Gasteiger partial charge in [0, 0.05) is 5.56 Å². The average molecular weight is 251 g/mol. The minimum Gasteiger partial charge on any atom is -0.346 e. The molecule has 0 aromatic heterocycles. The molecule has 1 fully saturated rings. The molecule has 3 rings (SSSR count). The van der Waals surface area contributed by atoms with Crippen LogP contribution in [-0.2, 0) is 9.47 Å². The monoisotopic (exact) mass is 251 g/mol. The molecule has 0 aliphatic carbocycles. The quantitative estimate of drug-likeness (QED) is 0.822. The lowest BCUT2D eigenvalue weighted by Crippen LogP contribution is -2.00. The van der Waals surface area contributed by atoms with Gasteiger partial charge in [-0.25, -0.2) is 0 Å². The van der Waals surface area contributed by atoms with Crippen LogP contribution in [0.3, 0.4) is 0 Å². The first kappa shape index (κ1) is 11.9. The van der Waals surface area contributed by atoms with Crippen LogP contribution in [0, 0.1) is 11.3 Å². The van der Waals surface area contributed by atoms with Crippen LogP contribution in [0.5, 0.6) is 0 Å². The van der Waals surface area contributed by atoms with Crippen LogP contribution in [0.15, 0.2) is 48.5 Å². The number of nitrogens with zero attached hydrogens (tertiary/aromatic N) is 1. The van der Waals surface area contributed by atoms with Gasteiger partial charge in [0.25, 0.3) is 0 Å². The average Bonchev–Trinajstić information content (AvgIpc) is 3.01. The Morgan fingerprint density at radius 3 is 2.32 bits per heavy atom. The summed E-state index contributed by atoms with van der Waals surface area (Å²) in [5.74, 6) is 0. The molecule has 1 aliphatic heterocycles. The summed E-state index contributed by atoms with van der Waals surface area (Å²) in [6.45, 7) is 1.26. The second-order valence-electron chi connectivity index (χ2n) is 4.35. The molecular formula is C16H13NO2. The molecule has 0 amide bonds. The molecule has 0 spiro atoms. The van der Waals surface area contributed by atoms with E-state index in [1.165, 1.54) is 0 Å². The molecule has 1 heterocycles. The SMILES string of the molecule is N#Cc1ccc(-c2ccccc2C2OCCO2)cc1. The zero-order valence-electron chi connectivity index (χ0n) is 10.4. The maximum Gasteiger partial charge on any atom is 0.184 e. The van der Waals surface area contributed by atoms with Gasteiger partial charge in [0.05, 0.1) is 24.8 Å². The van der Waals surface area contributed by atoms with Crippen molar-refractivity contribution in [3.63, 3.8) is 0 Å². The molecule has 3 heteroatoms. The molecule has 0 bridgehead atoms. The van der Waals surface area contributed by atoms with E-state index in [-0.39, 0.29) is 6.29 Å². The van der Waals surface area contributed by atoms with Crippen molar-refractivity contribution in [1.82, 2.24) is 0 Å². The lowest BCUT2D eigenvalue weighted by atomic mass is 9.98. The van der Waals surface area contributed by atoms with E-state index >= 15 is 0 Å². The molecule has 19 heavy (non-hydrogen) atoms. The molecule has 0 saturated carbocycles. The number of benzene rings is 2. The summed E-state index contributed by atoms with van der Waals surface area (Å²) < 4.78 is 11.1. The van der Waals surface area contributed by atoms with Crippen LogP contribution < -0.4 is 0 Å². The predicted molar refractivity (Wildman–Crippen MR) is 71.2 cm³/mol. The summed E-state index contributed by atoms with van der Waals surface area (Å²) in [6.07, 6.45) is -0.285. The van der Waals surface area contributed by atoms with Gasteiger partial charge in [0.15, 0.2) is 6.29 Å². The van der Waals surface area contributed by atoms with E-state index in [1.807, 2.05) is 48.5 Å². The van der Waals surface area contributed by atoms with Crippen LogP contribution in [0.1, 0.15) is 17.4 Å². The first-order valence-electron chi connectivity index (χ1n) is 6.21. The molecule has 2 aromatic carbocycles. The predicted octanol–water partition coefficient (Wildman–Crippen LogP) is 3.27.